The van der Waals surface area contributed by atoms with Gasteiger partial charge in [-0.15, -0.1) is 0 Å². The van der Waals surface area contributed by atoms with Gasteiger partial charge in [0.25, 0.3) is 0 Å². The van der Waals surface area contributed by atoms with Crippen molar-refractivity contribution >= 4 is 11.8 Å². The number of aromatic carboxylic acids is 1. The number of Topliss-reactive ketones (excluding diaryl/α,β-unsaturated/α-hetero) is 1. The van der Waals surface area contributed by atoms with E-state index in [-0.39, 0.29) is 5.78 Å². The topological polar surface area (TPSA) is 54.4 Å². The Morgan fingerprint density at radius 2 is 2.00 bits per heavy atom. The van der Waals surface area contributed by atoms with Gasteiger partial charge in [0.1, 0.15) is 0 Å². The zero-order valence-corrected chi connectivity index (χ0v) is 9.46. The van der Waals surface area contributed by atoms with Crippen LogP contribution in [-0.2, 0) is 6.42 Å². The van der Waals surface area contributed by atoms with Crippen LogP contribution < -0.4 is 0 Å². The summed E-state index contributed by atoms with van der Waals surface area (Å²) in [6.45, 7) is 3.55. The van der Waals surface area contributed by atoms with Crippen molar-refractivity contribution in [1.29, 1.82) is 0 Å². The second-order valence-corrected chi connectivity index (χ2v) is 4.30. The summed E-state index contributed by atoms with van der Waals surface area (Å²) in [5.41, 5.74) is 3.45. The van der Waals surface area contributed by atoms with Crippen LogP contribution in [0.25, 0.3) is 0 Å². The molecule has 1 aliphatic carbocycles. The number of aryl methyl sites for hydroxylation is 1. The maximum Gasteiger partial charge on any atom is 0.336 e. The quantitative estimate of drug-likeness (QED) is 0.788. The van der Waals surface area contributed by atoms with Crippen molar-refractivity contribution < 1.29 is 14.7 Å². The number of hydrogen-bond donors (Lipinski definition) is 1. The molecule has 16 heavy (non-hydrogen) atoms. The van der Waals surface area contributed by atoms with E-state index < -0.39 is 5.97 Å². The van der Waals surface area contributed by atoms with Gasteiger partial charge in [-0.05, 0) is 49.4 Å². The van der Waals surface area contributed by atoms with Crippen LogP contribution in [0.4, 0.5) is 0 Å². The van der Waals surface area contributed by atoms with Crippen molar-refractivity contribution in [2.24, 2.45) is 0 Å². The van der Waals surface area contributed by atoms with Crippen LogP contribution >= 0.6 is 0 Å². The van der Waals surface area contributed by atoms with E-state index >= 15 is 0 Å². The van der Waals surface area contributed by atoms with Crippen molar-refractivity contribution in [3.63, 3.8) is 0 Å². The highest BCUT2D eigenvalue weighted by molar-refractivity contribution is 6.01. The smallest absolute Gasteiger partial charge is 0.336 e. The van der Waals surface area contributed by atoms with Gasteiger partial charge in [0.2, 0.25) is 0 Å². The molecule has 0 spiro atoms. The third-order valence-electron chi connectivity index (χ3n) is 3.25. The summed E-state index contributed by atoms with van der Waals surface area (Å²) in [4.78, 5) is 22.8. The van der Waals surface area contributed by atoms with Crippen molar-refractivity contribution in [2.75, 3.05) is 0 Å². The molecule has 1 aliphatic rings. The van der Waals surface area contributed by atoms with Crippen LogP contribution in [0.3, 0.4) is 0 Å². The van der Waals surface area contributed by atoms with Gasteiger partial charge < -0.3 is 5.11 Å². The summed E-state index contributed by atoms with van der Waals surface area (Å²) in [6.07, 6.45) is 2.22. The lowest BCUT2D eigenvalue weighted by Crippen LogP contribution is -2.16. The summed E-state index contributed by atoms with van der Waals surface area (Å²) in [6, 6.07) is 1.73. The highest BCUT2D eigenvalue weighted by Gasteiger charge is 2.23. The second-order valence-electron chi connectivity index (χ2n) is 4.30. The Labute approximate surface area is 94.1 Å². The zero-order valence-electron chi connectivity index (χ0n) is 9.46. The normalized spacial score (nSPS) is 14.8. The monoisotopic (exact) mass is 218 g/mol. The molecule has 2 rings (SSSR count). The fourth-order valence-electron chi connectivity index (χ4n) is 2.48. The molecule has 0 amide bonds. The lowest BCUT2D eigenvalue weighted by atomic mass is 9.84. The molecule has 0 fully saturated rings. The van der Waals surface area contributed by atoms with Crippen molar-refractivity contribution in [3.8, 4) is 0 Å². The predicted molar refractivity (Wildman–Crippen MR) is 60.1 cm³/mol. The molecule has 1 aromatic carbocycles. The van der Waals surface area contributed by atoms with Gasteiger partial charge in [-0.3, -0.25) is 4.79 Å². The molecular weight excluding hydrogens is 204 g/mol. The van der Waals surface area contributed by atoms with Gasteiger partial charge in [-0.2, -0.15) is 0 Å². The first-order valence-electron chi connectivity index (χ1n) is 5.42. The summed E-state index contributed by atoms with van der Waals surface area (Å²) in [7, 11) is 0. The minimum Gasteiger partial charge on any atom is -0.478 e. The van der Waals surface area contributed by atoms with Gasteiger partial charge in [0.05, 0.1) is 5.56 Å². The van der Waals surface area contributed by atoms with Gasteiger partial charge in [0.15, 0.2) is 5.78 Å². The van der Waals surface area contributed by atoms with Crippen LogP contribution in [-0.4, -0.2) is 16.9 Å². The Balaban J connectivity index is 2.72. The Hall–Kier alpha value is -1.64. The van der Waals surface area contributed by atoms with Crippen LogP contribution in [0.1, 0.15) is 50.2 Å². The number of rotatable bonds is 1. The van der Waals surface area contributed by atoms with Crippen LogP contribution in [0.5, 0.6) is 0 Å². The summed E-state index contributed by atoms with van der Waals surface area (Å²) < 4.78 is 0. The Morgan fingerprint density at radius 1 is 1.31 bits per heavy atom. The molecule has 1 aromatic rings. The number of carboxylic acid groups (broad SMARTS) is 1. The van der Waals surface area contributed by atoms with E-state index in [1.165, 1.54) is 0 Å². The number of fused-ring (bicyclic) bond motifs is 1. The largest absolute Gasteiger partial charge is 0.478 e. The maximum atomic E-state index is 11.7. The molecule has 1 N–H and O–H groups in total. The fourth-order valence-corrected chi connectivity index (χ4v) is 2.48. The van der Waals surface area contributed by atoms with E-state index in [0.717, 1.165) is 29.5 Å². The van der Waals surface area contributed by atoms with Crippen molar-refractivity contribution in [1.82, 2.24) is 0 Å². The lowest BCUT2D eigenvalue weighted by Gasteiger charge is -2.20. The molecule has 84 valence electrons. The van der Waals surface area contributed by atoms with E-state index in [1.54, 1.807) is 19.9 Å². The van der Waals surface area contributed by atoms with Gasteiger partial charge >= 0.3 is 5.97 Å². The molecule has 0 aromatic heterocycles. The summed E-state index contributed by atoms with van der Waals surface area (Å²) in [5.74, 6) is -0.764. The van der Waals surface area contributed by atoms with Crippen LogP contribution in [0.2, 0.25) is 0 Å². The van der Waals surface area contributed by atoms with Gasteiger partial charge in [0, 0.05) is 12.0 Å². The second kappa shape index (κ2) is 3.74. The van der Waals surface area contributed by atoms with E-state index in [0.29, 0.717) is 17.5 Å². The molecule has 0 atom stereocenters. The third kappa shape index (κ3) is 1.52. The van der Waals surface area contributed by atoms with Crippen molar-refractivity contribution in [3.05, 3.63) is 33.9 Å². The highest BCUT2D eigenvalue weighted by Crippen LogP contribution is 2.28. The molecule has 0 unspecified atom stereocenters. The number of carboxylic acids is 1. The van der Waals surface area contributed by atoms with E-state index in [2.05, 4.69) is 0 Å². The standard InChI is InChI=1S/C13H14O3/c1-7-6-10-9(4-3-5-11(10)14)8(2)12(7)13(15)16/h6H,3-5H2,1-2H3,(H,15,16). The molecule has 0 bridgehead atoms. The molecule has 0 saturated carbocycles. The molecule has 0 heterocycles. The third-order valence-corrected chi connectivity index (χ3v) is 3.25. The fraction of sp³-hybridized carbons (Fsp3) is 0.385. The number of carbonyl (C=O) groups is 2. The minimum absolute atomic E-state index is 0.143. The van der Waals surface area contributed by atoms with E-state index in [9.17, 15) is 9.59 Å². The van der Waals surface area contributed by atoms with E-state index in [4.69, 9.17) is 5.11 Å². The average Bonchev–Trinajstić information content (AvgIpc) is 2.19. The predicted octanol–water partition coefficient (Wildman–Crippen LogP) is 2.52. The first-order chi connectivity index (χ1) is 7.52. The van der Waals surface area contributed by atoms with E-state index in [1.807, 2.05) is 0 Å². The first kappa shape index (κ1) is 10.9. The Kier molecular flexibility index (Phi) is 2.54. The molecule has 3 nitrogen and oxygen atoms in total. The summed E-state index contributed by atoms with van der Waals surface area (Å²) in [5, 5.41) is 9.13. The number of hydrogen-bond acceptors (Lipinski definition) is 2. The SMILES string of the molecule is Cc1cc2c(c(C)c1C(=O)O)CCCC2=O. The zero-order chi connectivity index (χ0) is 11.9. The lowest BCUT2D eigenvalue weighted by molar-refractivity contribution is 0.0694. The molecule has 0 saturated heterocycles. The number of benzene rings is 1. The molecular formula is C13H14O3. The maximum absolute atomic E-state index is 11.7. The summed E-state index contributed by atoms with van der Waals surface area (Å²) >= 11 is 0. The minimum atomic E-state index is -0.907. The molecule has 0 aliphatic heterocycles. The average molecular weight is 218 g/mol. The number of ketones is 1. The van der Waals surface area contributed by atoms with Crippen LogP contribution in [0, 0.1) is 13.8 Å². The van der Waals surface area contributed by atoms with Gasteiger partial charge in [-0.25, -0.2) is 4.79 Å². The first-order valence-corrected chi connectivity index (χ1v) is 5.42. The Bertz CT molecular complexity index is 486. The van der Waals surface area contributed by atoms with Crippen molar-refractivity contribution in [2.45, 2.75) is 33.1 Å². The Morgan fingerprint density at radius 3 is 2.62 bits per heavy atom. The highest BCUT2D eigenvalue weighted by atomic mass is 16.4. The van der Waals surface area contributed by atoms with Crippen LogP contribution in [0.15, 0.2) is 6.07 Å². The number of carbonyl (C=O) groups excluding carboxylic acids is 1. The van der Waals surface area contributed by atoms with Gasteiger partial charge in [-0.1, -0.05) is 0 Å². The molecule has 0 radical (unpaired) electrons. The molecule has 3 heteroatoms.